The third-order valence-electron chi connectivity index (χ3n) is 5.42. The van der Waals surface area contributed by atoms with E-state index in [1.165, 1.54) is 0 Å². The molecule has 1 saturated heterocycles. The van der Waals surface area contributed by atoms with E-state index in [0.717, 1.165) is 28.5 Å². The zero-order chi connectivity index (χ0) is 23.3. The van der Waals surface area contributed by atoms with Crippen LogP contribution in [0.1, 0.15) is 55.6 Å². The number of nitrogens with zero attached hydrogens (tertiary/aromatic N) is 1. The maximum Gasteiger partial charge on any atom is 0.254 e. The number of ether oxygens (including phenoxy) is 1. The highest BCUT2D eigenvalue weighted by Gasteiger charge is 2.36. The quantitative estimate of drug-likeness (QED) is 0.510. The van der Waals surface area contributed by atoms with Crippen molar-refractivity contribution in [3.05, 3.63) is 63.2 Å². The highest BCUT2D eigenvalue weighted by atomic mass is 127. The van der Waals surface area contributed by atoms with Gasteiger partial charge in [0.25, 0.3) is 5.91 Å². The zero-order valence-corrected chi connectivity index (χ0v) is 21.3. The maximum absolute atomic E-state index is 13.9. The molecule has 0 saturated carbocycles. The number of benzene rings is 2. The number of halogens is 1. The molecule has 0 aliphatic carbocycles. The number of rotatable bonds is 7. The van der Waals surface area contributed by atoms with Crippen LogP contribution in [0.3, 0.4) is 0 Å². The van der Waals surface area contributed by atoms with Crippen molar-refractivity contribution in [1.29, 1.82) is 0 Å². The van der Waals surface area contributed by atoms with Gasteiger partial charge in [0.15, 0.2) is 0 Å². The predicted molar refractivity (Wildman–Crippen MR) is 135 cm³/mol. The Bertz CT molecular complexity index is 951. The average Bonchev–Trinajstić information content (AvgIpc) is 3.26. The number of nitrogens with one attached hydrogen (secondary N) is 2. The standard InChI is InChI=1S/C25H32IN3O3/c1-25(2,3)28-23(30)22(20-12-5-6-13-21(20)26)29(16-18-10-8-14-27-18)24(31)17-9-7-11-19(15-17)32-4/h5-7,9,11-13,15,18,22,27H,8,10,14,16H2,1-4H3,(H,28,30). The summed E-state index contributed by atoms with van der Waals surface area (Å²) in [6.45, 7) is 7.22. The van der Waals surface area contributed by atoms with Crippen molar-refractivity contribution in [2.24, 2.45) is 0 Å². The predicted octanol–water partition coefficient (Wildman–Crippen LogP) is 4.15. The van der Waals surface area contributed by atoms with E-state index in [1.54, 1.807) is 30.2 Å². The van der Waals surface area contributed by atoms with Gasteiger partial charge in [-0.3, -0.25) is 9.59 Å². The molecule has 1 aliphatic heterocycles. The van der Waals surface area contributed by atoms with Crippen LogP contribution in [0.15, 0.2) is 48.5 Å². The van der Waals surface area contributed by atoms with Crippen LogP contribution in [0.5, 0.6) is 5.75 Å². The van der Waals surface area contributed by atoms with E-state index in [9.17, 15) is 9.59 Å². The normalized spacial score (nSPS) is 17.0. The smallest absolute Gasteiger partial charge is 0.254 e. The molecule has 0 spiro atoms. The van der Waals surface area contributed by atoms with Gasteiger partial charge in [-0.05, 0) is 92.6 Å². The second-order valence-corrected chi connectivity index (χ2v) is 10.3. The van der Waals surface area contributed by atoms with Crippen molar-refractivity contribution in [3.8, 4) is 5.75 Å². The molecule has 2 aromatic rings. The zero-order valence-electron chi connectivity index (χ0n) is 19.2. The third kappa shape index (κ3) is 6.22. The largest absolute Gasteiger partial charge is 0.497 e. The van der Waals surface area contributed by atoms with Crippen LogP contribution >= 0.6 is 22.6 Å². The molecular formula is C25H32IN3O3. The summed E-state index contributed by atoms with van der Waals surface area (Å²) in [5, 5.41) is 6.57. The Kier molecular flexibility index (Phi) is 8.16. The molecule has 2 unspecified atom stereocenters. The van der Waals surface area contributed by atoms with E-state index in [-0.39, 0.29) is 17.9 Å². The highest BCUT2D eigenvalue weighted by Crippen LogP contribution is 2.29. The van der Waals surface area contributed by atoms with Crippen molar-refractivity contribution in [2.75, 3.05) is 20.2 Å². The van der Waals surface area contributed by atoms with E-state index < -0.39 is 11.6 Å². The monoisotopic (exact) mass is 549 g/mol. The number of methoxy groups -OCH3 is 1. The second-order valence-electron chi connectivity index (χ2n) is 9.15. The Labute approximate surface area is 204 Å². The van der Waals surface area contributed by atoms with Gasteiger partial charge in [-0.25, -0.2) is 0 Å². The van der Waals surface area contributed by atoms with Gasteiger partial charge in [-0.2, -0.15) is 0 Å². The number of carbonyl (C=O) groups excluding carboxylic acids is 2. The summed E-state index contributed by atoms with van der Waals surface area (Å²) in [7, 11) is 1.58. The number of hydrogen-bond acceptors (Lipinski definition) is 4. The van der Waals surface area contributed by atoms with Crippen LogP contribution in [0, 0.1) is 3.57 Å². The van der Waals surface area contributed by atoms with Crippen LogP contribution in [-0.4, -0.2) is 48.5 Å². The van der Waals surface area contributed by atoms with Gasteiger partial charge >= 0.3 is 0 Å². The molecule has 0 bridgehead atoms. The molecule has 2 atom stereocenters. The Morgan fingerprint density at radius 2 is 1.97 bits per heavy atom. The molecule has 2 aromatic carbocycles. The Morgan fingerprint density at radius 3 is 2.59 bits per heavy atom. The van der Waals surface area contributed by atoms with Crippen LogP contribution in [0.25, 0.3) is 0 Å². The lowest BCUT2D eigenvalue weighted by Crippen LogP contribution is -2.51. The first kappa shape index (κ1) is 24.5. The molecule has 1 fully saturated rings. The Balaban J connectivity index is 2.08. The molecule has 3 rings (SSSR count). The molecule has 6 nitrogen and oxygen atoms in total. The molecule has 2 N–H and O–H groups in total. The summed E-state index contributed by atoms with van der Waals surface area (Å²) in [4.78, 5) is 29.2. The van der Waals surface area contributed by atoms with Crippen molar-refractivity contribution < 1.29 is 14.3 Å². The van der Waals surface area contributed by atoms with Crippen LogP contribution in [0.2, 0.25) is 0 Å². The fourth-order valence-corrected chi connectivity index (χ4v) is 4.65. The van der Waals surface area contributed by atoms with Gasteiger partial charge in [0.05, 0.1) is 7.11 Å². The van der Waals surface area contributed by atoms with Gasteiger partial charge in [-0.15, -0.1) is 0 Å². The van der Waals surface area contributed by atoms with Gasteiger partial charge in [0.1, 0.15) is 11.8 Å². The molecule has 32 heavy (non-hydrogen) atoms. The summed E-state index contributed by atoms with van der Waals surface area (Å²) < 4.78 is 6.28. The van der Waals surface area contributed by atoms with E-state index >= 15 is 0 Å². The Morgan fingerprint density at radius 1 is 1.22 bits per heavy atom. The minimum absolute atomic E-state index is 0.149. The van der Waals surface area contributed by atoms with Gasteiger partial charge in [-0.1, -0.05) is 24.3 Å². The lowest BCUT2D eigenvalue weighted by atomic mass is 9.99. The number of hydrogen-bond donors (Lipinski definition) is 2. The number of amides is 2. The van der Waals surface area contributed by atoms with Crippen molar-refractivity contribution in [2.45, 2.75) is 51.2 Å². The highest BCUT2D eigenvalue weighted by molar-refractivity contribution is 14.1. The fourth-order valence-electron chi connectivity index (χ4n) is 3.96. The van der Waals surface area contributed by atoms with Crippen LogP contribution < -0.4 is 15.4 Å². The van der Waals surface area contributed by atoms with E-state index in [1.807, 2.05) is 51.1 Å². The molecule has 0 aromatic heterocycles. The van der Waals surface area contributed by atoms with Crippen molar-refractivity contribution in [3.63, 3.8) is 0 Å². The first-order chi connectivity index (χ1) is 15.2. The van der Waals surface area contributed by atoms with Crippen molar-refractivity contribution >= 4 is 34.4 Å². The average molecular weight is 549 g/mol. The molecule has 172 valence electrons. The second kappa shape index (κ2) is 10.7. The third-order valence-corrected chi connectivity index (χ3v) is 6.40. The molecule has 2 amide bonds. The Hall–Kier alpha value is -2.13. The first-order valence-electron chi connectivity index (χ1n) is 10.9. The topological polar surface area (TPSA) is 70.7 Å². The minimum Gasteiger partial charge on any atom is -0.497 e. The van der Waals surface area contributed by atoms with Crippen LogP contribution in [-0.2, 0) is 4.79 Å². The maximum atomic E-state index is 13.9. The summed E-state index contributed by atoms with van der Waals surface area (Å²) in [6.07, 6.45) is 2.04. The van der Waals surface area contributed by atoms with Gasteiger partial charge < -0.3 is 20.3 Å². The van der Waals surface area contributed by atoms with Crippen LogP contribution in [0.4, 0.5) is 0 Å². The van der Waals surface area contributed by atoms with E-state index in [0.29, 0.717) is 17.9 Å². The minimum atomic E-state index is -0.747. The SMILES string of the molecule is COc1cccc(C(=O)N(CC2CCCN2)C(C(=O)NC(C)(C)C)c2ccccc2I)c1. The lowest BCUT2D eigenvalue weighted by Gasteiger charge is -2.35. The fraction of sp³-hybridized carbons (Fsp3) is 0.440. The van der Waals surface area contributed by atoms with Gasteiger partial charge in [0.2, 0.25) is 5.91 Å². The van der Waals surface area contributed by atoms with Crippen molar-refractivity contribution in [1.82, 2.24) is 15.5 Å². The summed E-state index contributed by atoms with van der Waals surface area (Å²) in [6, 6.07) is 14.3. The summed E-state index contributed by atoms with van der Waals surface area (Å²) in [5.74, 6) is 0.238. The molecule has 0 radical (unpaired) electrons. The molecular weight excluding hydrogens is 517 g/mol. The molecule has 1 aliphatic rings. The molecule has 7 heteroatoms. The lowest BCUT2D eigenvalue weighted by molar-refractivity contribution is -0.127. The molecule has 1 heterocycles. The first-order valence-corrected chi connectivity index (χ1v) is 12.0. The number of carbonyl (C=O) groups is 2. The summed E-state index contributed by atoms with van der Waals surface area (Å²) in [5.41, 5.74) is 0.900. The van der Waals surface area contributed by atoms with E-state index in [4.69, 9.17) is 4.74 Å². The van der Waals surface area contributed by atoms with Gasteiger partial charge in [0, 0.05) is 27.3 Å². The van der Waals surface area contributed by atoms with E-state index in [2.05, 4.69) is 33.2 Å². The summed E-state index contributed by atoms with van der Waals surface area (Å²) >= 11 is 2.24.